The Hall–Kier alpha value is -2.07. The van der Waals surface area contributed by atoms with Crippen LogP contribution in [-0.4, -0.2) is 11.6 Å². The molecule has 19 heavy (non-hydrogen) atoms. The van der Waals surface area contributed by atoms with Gasteiger partial charge in [0.25, 0.3) is 0 Å². The summed E-state index contributed by atoms with van der Waals surface area (Å²) in [4.78, 5) is 4.25. The van der Waals surface area contributed by atoms with E-state index < -0.39 is 0 Å². The molecule has 0 amide bonds. The fourth-order valence-electron chi connectivity index (χ4n) is 1.81. The predicted molar refractivity (Wildman–Crippen MR) is 74.6 cm³/mol. The third kappa shape index (κ3) is 3.03. The molecule has 0 fully saturated rings. The molecule has 2 aromatic rings. The lowest BCUT2D eigenvalue weighted by Crippen LogP contribution is -2.04. The van der Waals surface area contributed by atoms with Gasteiger partial charge in [0.05, 0.1) is 6.61 Å². The molecule has 1 heterocycles. The number of hydrogen-bond donors (Lipinski definition) is 1. The average Bonchev–Trinajstić information content (AvgIpc) is 2.41. The highest BCUT2D eigenvalue weighted by atomic mass is 16.5. The van der Waals surface area contributed by atoms with Crippen LogP contribution in [0.2, 0.25) is 0 Å². The van der Waals surface area contributed by atoms with E-state index in [-0.39, 0.29) is 0 Å². The van der Waals surface area contributed by atoms with Crippen molar-refractivity contribution in [1.29, 1.82) is 0 Å². The lowest BCUT2D eigenvalue weighted by Gasteiger charge is -2.13. The number of ether oxygens (including phenoxy) is 2. The van der Waals surface area contributed by atoms with Gasteiger partial charge in [0.2, 0.25) is 5.88 Å². The highest BCUT2D eigenvalue weighted by Gasteiger charge is 2.11. The molecule has 0 aliphatic carbocycles. The molecule has 0 aliphatic rings. The minimum absolute atomic E-state index is 0.395. The van der Waals surface area contributed by atoms with E-state index in [4.69, 9.17) is 15.2 Å². The summed E-state index contributed by atoms with van der Waals surface area (Å²) in [5.74, 6) is 1.89. The van der Waals surface area contributed by atoms with Crippen molar-refractivity contribution in [3.8, 4) is 17.4 Å². The second-order valence-electron chi connectivity index (χ2n) is 4.10. The van der Waals surface area contributed by atoms with E-state index in [1.165, 1.54) is 0 Å². The molecule has 0 spiro atoms. The SMILES string of the molecule is CCOc1ccccc1Oc1nccc(C)c1CN. The number of rotatable bonds is 5. The maximum absolute atomic E-state index is 5.85. The van der Waals surface area contributed by atoms with Gasteiger partial charge in [-0.15, -0.1) is 0 Å². The lowest BCUT2D eigenvalue weighted by atomic mass is 10.1. The standard InChI is InChI=1S/C15H18N2O2/c1-3-18-13-6-4-5-7-14(13)19-15-12(10-16)11(2)8-9-17-15/h4-9H,3,10,16H2,1-2H3. The number of nitrogens with two attached hydrogens (primary N) is 1. The van der Waals surface area contributed by atoms with Crippen LogP contribution in [0.1, 0.15) is 18.1 Å². The first kappa shape index (κ1) is 13.4. The topological polar surface area (TPSA) is 57.4 Å². The zero-order valence-electron chi connectivity index (χ0n) is 11.2. The van der Waals surface area contributed by atoms with E-state index in [9.17, 15) is 0 Å². The molecule has 0 radical (unpaired) electrons. The molecule has 0 bridgehead atoms. The van der Waals surface area contributed by atoms with Crippen molar-refractivity contribution in [1.82, 2.24) is 4.98 Å². The summed E-state index contributed by atoms with van der Waals surface area (Å²) < 4.78 is 11.4. The molecule has 4 nitrogen and oxygen atoms in total. The first-order chi connectivity index (χ1) is 9.26. The monoisotopic (exact) mass is 258 g/mol. The number of aromatic nitrogens is 1. The Morgan fingerprint density at radius 2 is 1.89 bits per heavy atom. The Bertz CT molecular complexity index is 556. The Morgan fingerprint density at radius 1 is 1.16 bits per heavy atom. The maximum Gasteiger partial charge on any atom is 0.224 e. The number of nitrogens with zero attached hydrogens (tertiary/aromatic N) is 1. The Labute approximate surface area is 113 Å². The van der Waals surface area contributed by atoms with Gasteiger partial charge in [0, 0.05) is 18.3 Å². The van der Waals surface area contributed by atoms with Crippen molar-refractivity contribution in [2.24, 2.45) is 5.73 Å². The molecule has 0 unspecified atom stereocenters. The number of para-hydroxylation sites is 2. The maximum atomic E-state index is 5.85. The van der Waals surface area contributed by atoms with Crippen LogP contribution in [0.5, 0.6) is 17.4 Å². The van der Waals surface area contributed by atoms with Crippen LogP contribution in [0.4, 0.5) is 0 Å². The molecular weight excluding hydrogens is 240 g/mol. The van der Waals surface area contributed by atoms with E-state index >= 15 is 0 Å². The third-order valence-electron chi connectivity index (χ3n) is 2.81. The Balaban J connectivity index is 2.33. The van der Waals surface area contributed by atoms with Crippen molar-refractivity contribution in [2.75, 3.05) is 6.61 Å². The number of benzene rings is 1. The molecule has 100 valence electrons. The molecule has 1 aromatic heterocycles. The third-order valence-corrected chi connectivity index (χ3v) is 2.81. The minimum Gasteiger partial charge on any atom is -0.490 e. The van der Waals surface area contributed by atoms with Crippen molar-refractivity contribution >= 4 is 0 Å². The summed E-state index contributed by atoms with van der Waals surface area (Å²) in [5, 5.41) is 0. The molecule has 2 N–H and O–H groups in total. The first-order valence-electron chi connectivity index (χ1n) is 6.30. The Morgan fingerprint density at radius 3 is 2.58 bits per heavy atom. The van der Waals surface area contributed by atoms with Gasteiger partial charge >= 0.3 is 0 Å². The van der Waals surface area contributed by atoms with E-state index in [1.807, 2.05) is 44.2 Å². The van der Waals surface area contributed by atoms with Crippen LogP contribution in [-0.2, 0) is 6.54 Å². The number of hydrogen-bond acceptors (Lipinski definition) is 4. The summed E-state index contributed by atoms with van der Waals surface area (Å²) >= 11 is 0. The number of aryl methyl sites for hydroxylation is 1. The lowest BCUT2D eigenvalue weighted by molar-refractivity contribution is 0.319. The van der Waals surface area contributed by atoms with Gasteiger partial charge in [-0.25, -0.2) is 4.98 Å². The quantitative estimate of drug-likeness (QED) is 0.895. The van der Waals surface area contributed by atoms with Crippen LogP contribution in [0.15, 0.2) is 36.5 Å². The zero-order chi connectivity index (χ0) is 13.7. The minimum atomic E-state index is 0.395. The van der Waals surface area contributed by atoms with Crippen LogP contribution in [0.3, 0.4) is 0 Å². The second-order valence-corrected chi connectivity index (χ2v) is 4.10. The average molecular weight is 258 g/mol. The van der Waals surface area contributed by atoms with Crippen molar-refractivity contribution in [2.45, 2.75) is 20.4 Å². The molecule has 0 saturated carbocycles. The van der Waals surface area contributed by atoms with Gasteiger partial charge in [-0.3, -0.25) is 0 Å². The predicted octanol–water partition coefficient (Wildman–Crippen LogP) is 3.04. The highest BCUT2D eigenvalue weighted by molar-refractivity contribution is 5.44. The van der Waals surface area contributed by atoms with Gasteiger partial charge < -0.3 is 15.2 Å². The van der Waals surface area contributed by atoms with E-state index in [0.717, 1.165) is 11.1 Å². The summed E-state index contributed by atoms with van der Waals surface area (Å²) in [5.41, 5.74) is 7.73. The Kier molecular flexibility index (Phi) is 4.36. The molecule has 4 heteroatoms. The van der Waals surface area contributed by atoms with E-state index in [1.54, 1.807) is 6.20 Å². The van der Waals surface area contributed by atoms with Crippen molar-refractivity contribution in [3.05, 3.63) is 47.7 Å². The van der Waals surface area contributed by atoms with Gasteiger partial charge in [-0.05, 0) is 37.6 Å². The molecule has 2 rings (SSSR count). The molecule has 0 atom stereocenters. The van der Waals surface area contributed by atoms with E-state index in [2.05, 4.69) is 4.98 Å². The fourth-order valence-corrected chi connectivity index (χ4v) is 1.81. The second kappa shape index (κ2) is 6.20. The zero-order valence-corrected chi connectivity index (χ0v) is 11.2. The summed E-state index contributed by atoms with van der Waals surface area (Å²) in [6.07, 6.45) is 1.72. The molecule has 0 saturated heterocycles. The van der Waals surface area contributed by atoms with Gasteiger partial charge in [-0.2, -0.15) is 0 Å². The van der Waals surface area contributed by atoms with Crippen LogP contribution in [0.25, 0.3) is 0 Å². The first-order valence-corrected chi connectivity index (χ1v) is 6.30. The highest BCUT2D eigenvalue weighted by Crippen LogP contribution is 2.32. The fraction of sp³-hybridized carbons (Fsp3) is 0.267. The molecule has 1 aromatic carbocycles. The molecular formula is C15H18N2O2. The normalized spacial score (nSPS) is 10.3. The van der Waals surface area contributed by atoms with Crippen molar-refractivity contribution in [3.63, 3.8) is 0 Å². The van der Waals surface area contributed by atoms with Crippen LogP contribution < -0.4 is 15.2 Å². The molecule has 0 aliphatic heterocycles. The van der Waals surface area contributed by atoms with Gasteiger partial charge in [0.1, 0.15) is 0 Å². The summed E-state index contributed by atoms with van der Waals surface area (Å²) in [6.45, 7) is 4.91. The van der Waals surface area contributed by atoms with Crippen molar-refractivity contribution < 1.29 is 9.47 Å². The largest absolute Gasteiger partial charge is 0.490 e. The van der Waals surface area contributed by atoms with E-state index in [0.29, 0.717) is 30.5 Å². The number of pyridine rings is 1. The van der Waals surface area contributed by atoms with Crippen LogP contribution in [0, 0.1) is 6.92 Å². The van der Waals surface area contributed by atoms with Crippen LogP contribution >= 0.6 is 0 Å². The summed E-state index contributed by atoms with van der Waals surface area (Å²) in [7, 11) is 0. The van der Waals surface area contributed by atoms with Gasteiger partial charge in [0.15, 0.2) is 11.5 Å². The summed E-state index contributed by atoms with van der Waals surface area (Å²) in [6, 6.07) is 9.46. The van der Waals surface area contributed by atoms with Gasteiger partial charge in [-0.1, -0.05) is 12.1 Å². The smallest absolute Gasteiger partial charge is 0.224 e.